The van der Waals surface area contributed by atoms with Crippen molar-refractivity contribution in [2.24, 2.45) is 0 Å². The molecule has 14 heavy (non-hydrogen) atoms. The van der Waals surface area contributed by atoms with Crippen molar-refractivity contribution in [3.8, 4) is 0 Å². The first-order valence-corrected chi connectivity index (χ1v) is 5.32. The molecule has 0 saturated carbocycles. The number of thioether (sulfide) groups is 1. The van der Waals surface area contributed by atoms with Crippen LogP contribution in [-0.2, 0) is 0 Å². The van der Waals surface area contributed by atoms with Crippen molar-refractivity contribution in [1.82, 2.24) is 4.90 Å². The van der Waals surface area contributed by atoms with Gasteiger partial charge in [0.25, 0.3) is 0 Å². The number of hydrogen-bond donors (Lipinski definition) is 1. The molecule has 1 N–H and O–H groups in total. The molecule has 0 spiro atoms. The standard InChI is InChI=1S/C10H10N2OS/c13-10(12-6-7-14-8-12)11-9-4-2-1-3-5-9/h1-7H,8H2,(H,11,13). The van der Waals surface area contributed by atoms with Gasteiger partial charge in [-0.25, -0.2) is 4.79 Å². The van der Waals surface area contributed by atoms with Crippen molar-refractivity contribution in [2.45, 2.75) is 0 Å². The van der Waals surface area contributed by atoms with E-state index in [2.05, 4.69) is 5.32 Å². The van der Waals surface area contributed by atoms with Crippen molar-refractivity contribution in [3.63, 3.8) is 0 Å². The van der Waals surface area contributed by atoms with Crippen molar-refractivity contribution in [1.29, 1.82) is 0 Å². The van der Waals surface area contributed by atoms with Gasteiger partial charge in [-0.1, -0.05) is 18.2 Å². The molecule has 0 aliphatic carbocycles. The lowest BCUT2D eigenvalue weighted by atomic mass is 10.3. The predicted molar refractivity (Wildman–Crippen MR) is 58.9 cm³/mol. The molecule has 0 fully saturated rings. The molecule has 2 amide bonds. The van der Waals surface area contributed by atoms with Crippen LogP contribution in [-0.4, -0.2) is 16.8 Å². The Balaban J connectivity index is 1.98. The third-order valence-corrected chi connectivity index (χ3v) is 2.58. The van der Waals surface area contributed by atoms with Crippen LogP contribution in [0.2, 0.25) is 0 Å². The van der Waals surface area contributed by atoms with E-state index >= 15 is 0 Å². The predicted octanol–water partition coefficient (Wildman–Crippen LogP) is 2.70. The minimum absolute atomic E-state index is 0.0857. The zero-order valence-corrected chi connectivity index (χ0v) is 8.33. The molecule has 0 aromatic heterocycles. The van der Waals surface area contributed by atoms with E-state index < -0.39 is 0 Å². The van der Waals surface area contributed by atoms with Crippen LogP contribution in [0.15, 0.2) is 41.9 Å². The summed E-state index contributed by atoms with van der Waals surface area (Å²) in [6.07, 6.45) is 1.78. The number of hydrogen-bond acceptors (Lipinski definition) is 2. The number of urea groups is 1. The molecule has 0 atom stereocenters. The Morgan fingerprint density at radius 3 is 2.79 bits per heavy atom. The molecular weight excluding hydrogens is 196 g/mol. The van der Waals surface area contributed by atoms with E-state index in [0.29, 0.717) is 5.88 Å². The molecule has 1 aromatic carbocycles. The van der Waals surface area contributed by atoms with Crippen molar-refractivity contribution < 1.29 is 4.79 Å². The lowest BCUT2D eigenvalue weighted by Crippen LogP contribution is -2.28. The Kier molecular flexibility index (Phi) is 2.74. The number of nitrogens with zero attached hydrogens (tertiary/aromatic N) is 1. The lowest BCUT2D eigenvalue weighted by Gasteiger charge is -2.13. The molecule has 1 aliphatic heterocycles. The van der Waals surface area contributed by atoms with E-state index in [9.17, 15) is 4.79 Å². The normalized spacial score (nSPS) is 14.4. The van der Waals surface area contributed by atoms with Crippen molar-refractivity contribution in [3.05, 3.63) is 41.9 Å². The van der Waals surface area contributed by atoms with Crippen LogP contribution >= 0.6 is 11.8 Å². The number of anilines is 1. The first kappa shape index (κ1) is 9.15. The molecular formula is C10H10N2OS. The summed E-state index contributed by atoms with van der Waals surface area (Å²) >= 11 is 1.61. The van der Waals surface area contributed by atoms with Crippen LogP contribution in [0.25, 0.3) is 0 Å². The Morgan fingerprint density at radius 1 is 1.36 bits per heavy atom. The lowest BCUT2D eigenvalue weighted by molar-refractivity contribution is 0.234. The monoisotopic (exact) mass is 206 g/mol. The highest BCUT2D eigenvalue weighted by atomic mass is 32.2. The van der Waals surface area contributed by atoms with Gasteiger partial charge in [0.05, 0.1) is 5.88 Å². The van der Waals surface area contributed by atoms with Crippen LogP contribution in [0.3, 0.4) is 0 Å². The third-order valence-electron chi connectivity index (χ3n) is 1.84. The highest BCUT2D eigenvalue weighted by molar-refractivity contribution is 8.02. The second kappa shape index (κ2) is 4.19. The molecule has 4 heteroatoms. The van der Waals surface area contributed by atoms with Gasteiger partial charge in [-0.3, -0.25) is 4.90 Å². The molecule has 2 rings (SSSR count). The zero-order chi connectivity index (χ0) is 9.80. The smallest absolute Gasteiger partial charge is 0.308 e. The molecule has 3 nitrogen and oxygen atoms in total. The number of carbonyl (C=O) groups excluding carboxylic acids is 1. The van der Waals surface area contributed by atoms with Gasteiger partial charge in [-0.05, 0) is 17.5 Å². The zero-order valence-electron chi connectivity index (χ0n) is 7.51. The van der Waals surface area contributed by atoms with E-state index in [-0.39, 0.29) is 6.03 Å². The highest BCUT2D eigenvalue weighted by Gasteiger charge is 2.13. The highest BCUT2D eigenvalue weighted by Crippen LogP contribution is 2.16. The molecule has 0 bridgehead atoms. The second-order valence-electron chi connectivity index (χ2n) is 2.85. The fraction of sp³-hybridized carbons (Fsp3) is 0.100. The Bertz CT molecular complexity index is 350. The number of para-hydroxylation sites is 1. The van der Waals surface area contributed by atoms with Gasteiger partial charge in [0.1, 0.15) is 0 Å². The summed E-state index contributed by atoms with van der Waals surface area (Å²) in [5.41, 5.74) is 0.822. The summed E-state index contributed by atoms with van der Waals surface area (Å²) in [6.45, 7) is 0. The van der Waals surface area contributed by atoms with Gasteiger partial charge in [0, 0.05) is 11.9 Å². The SMILES string of the molecule is O=C(Nc1ccccc1)N1C=CSC1. The maximum absolute atomic E-state index is 11.6. The summed E-state index contributed by atoms with van der Waals surface area (Å²) in [4.78, 5) is 13.2. The van der Waals surface area contributed by atoms with Crippen LogP contribution in [0.5, 0.6) is 0 Å². The average molecular weight is 206 g/mol. The van der Waals surface area contributed by atoms with Crippen molar-refractivity contribution >= 4 is 23.5 Å². The van der Waals surface area contributed by atoms with Gasteiger partial charge in [0.15, 0.2) is 0 Å². The molecule has 72 valence electrons. The summed E-state index contributed by atoms with van der Waals surface area (Å²) < 4.78 is 0. The van der Waals surface area contributed by atoms with Crippen LogP contribution < -0.4 is 5.32 Å². The van der Waals surface area contributed by atoms with Crippen LogP contribution in [0.4, 0.5) is 10.5 Å². The first-order chi connectivity index (χ1) is 6.86. The summed E-state index contributed by atoms with van der Waals surface area (Å²) in [6, 6.07) is 9.35. The van der Waals surface area contributed by atoms with Crippen LogP contribution in [0.1, 0.15) is 0 Å². The number of rotatable bonds is 1. The summed E-state index contributed by atoms with van der Waals surface area (Å²) in [5.74, 6) is 0.693. The molecule has 0 unspecified atom stereocenters. The topological polar surface area (TPSA) is 32.3 Å². The molecule has 0 saturated heterocycles. The largest absolute Gasteiger partial charge is 0.326 e. The number of nitrogens with one attached hydrogen (secondary N) is 1. The summed E-state index contributed by atoms with van der Waals surface area (Å²) in [7, 11) is 0. The second-order valence-corrected chi connectivity index (χ2v) is 3.71. The van der Waals surface area contributed by atoms with E-state index in [4.69, 9.17) is 0 Å². The van der Waals surface area contributed by atoms with Crippen molar-refractivity contribution in [2.75, 3.05) is 11.2 Å². The number of amides is 2. The quantitative estimate of drug-likeness (QED) is 0.766. The van der Waals surface area contributed by atoms with E-state index in [1.54, 1.807) is 22.9 Å². The van der Waals surface area contributed by atoms with E-state index in [1.165, 1.54) is 0 Å². The van der Waals surface area contributed by atoms with Gasteiger partial charge < -0.3 is 5.32 Å². The third kappa shape index (κ3) is 2.09. The maximum Gasteiger partial charge on any atom is 0.326 e. The molecule has 1 heterocycles. The van der Waals surface area contributed by atoms with Crippen LogP contribution in [0, 0.1) is 0 Å². The summed E-state index contributed by atoms with van der Waals surface area (Å²) in [5, 5.41) is 4.71. The molecule has 1 aliphatic rings. The minimum atomic E-state index is -0.0857. The maximum atomic E-state index is 11.6. The Labute approximate surface area is 86.8 Å². The molecule has 1 aromatic rings. The molecule has 0 radical (unpaired) electrons. The van der Waals surface area contributed by atoms with Gasteiger partial charge in [-0.15, -0.1) is 11.8 Å². The fourth-order valence-corrected chi connectivity index (χ4v) is 1.81. The van der Waals surface area contributed by atoms with Gasteiger partial charge in [-0.2, -0.15) is 0 Å². The van der Waals surface area contributed by atoms with E-state index in [0.717, 1.165) is 5.69 Å². The average Bonchev–Trinajstić information content (AvgIpc) is 2.72. The van der Waals surface area contributed by atoms with E-state index in [1.807, 2.05) is 35.7 Å². The Hall–Kier alpha value is -1.42. The minimum Gasteiger partial charge on any atom is -0.308 e. The van der Waals surface area contributed by atoms with Gasteiger partial charge in [0.2, 0.25) is 0 Å². The fourth-order valence-electron chi connectivity index (χ4n) is 1.13. The van der Waals surface area contributed by atoms with Gasteiger partial charge >= 0.3 is 6.03 Å². The number of benzene rings is 1. The first-order valence-electron chi connectivity index (χ1n) is 4.27. The Morgan fingerprint density at radius 2 is 2.14 bits per heavy atom. The number of carbonyl (C=O) groups is 1.